The number of halogens is 2. The average Bonchev–Trinajstić information content (AvgIpc) is 2.83. The molecular weight excluding hydrogens is 528 g/mol. The van der Waals surface area contributed by atoms with E-state index >= 15 is 0 Å². The van der Waals surface area contributed by atoms with Crippen LogP contribution in [0.1, 0.15) is 5.56 Å². The fraction of sp³-hybridized carbons (Fsp3) is 0. The number of nitriles is 1. The third-order valence-corrected chi connectivity index (χ3v) is 5.95. The van der Waals surface area contributed by atoms with Crippen LogP contribution in [0.4, 0.5) is 0 Å². The van der Waals surface area contributed by atoms with E-state index in [2.05, 4.69) is 62.2 Å². The minimum atomic E-state index is 0.554. The molecule has 0 aliphatic heterocycles. The molecule has 5 rings (SSSR count). The molecule has 0 bridgehead atoms. The summed E-state index contributed by atoms with van der Waals surface area (Å²) < 4.78 is 1.85. The second kappa shape index (κ2) is 8.62. The molecule has 4 nitrogen and oxygen atoms in total. The van der Waals surface area contributed by atoms with Gasteiger partial charge in [0, 0.05) is 25.6 Å². The molecule has 0 aliphatic carbocycles. The van der Waals surface area contributed by atoms with Gasteiger partial charge in [-0.05, 0) is 59.3 Å². The van der Waals surface area contributed by atoms with E-state index < -0.39 is 0 Å². The third kappa shape index (κ3) is 4.18. The number of fused-ring (bicyclic) bond motifs is 1. The fourth-order valence-corrected chi connectivity index (χ4v) is 4.76. The second-order valence-corrected chi connectivity index (χ2v) is 9.05. The van der Waals surface area contributed by atoms with Gasteiger partial charge in [-0.15, -0.1) is 0 Å². The lowest BCUT2D eigenvalue weighted by Gasteiger charge is -2.10. The topological polar surface area (TPSA) is 62.5 Å². The van der Waals surface area contributed by atoms with Crippen LogP contribution in [0.3, 0.4) is 0 Å². The Bertz CT molecular complexity index is 1490. The van der Waals surface area contributed by atoms with Gasteiger partial charge in [0.15, 0.2) is 17.5 Å². The van der Waals surface area contributed by atoms with Gasteiger partial charge >= 0.3 is 0 Å². The highest BCUT2D eigenvalue weighted by Gasteiger charge is 2.13. The molecule has 0 amide bonds. The highest BCUT2D eigenvalue weighted by molar-refractivity contribution is 9.11. The summed E-state index contributed by atoms with van der Waals surface area (Å²) in [6.45, 7) is 0. The molecule has 4 aromatic carbocycles. The van der Waals surface area contributed by atoms with Crippen molar-refractivity contribution in [3.05, 3.63) is 99.4 Å². The Morgan fingerprint density at radius 3 is 1.78 bits per heavy atom. The minimum Gasteiger partial charge on any atom is -0.208 e. The zero-order valence-electron chi connectivity index (χ0n) is 16.6. The highest BCUT2D eigenvalue weighted by Crippen LogP contribution is 2.30. The third-order valence-electron chi connectivity index (χ3n) is 5.04. The summed E-state index contributed by atoms with van der Waals surface area (Å²) in [5.41, 5.74) is 3.19. The van der Waals surface area contributed by atoms with Gasteiger partial charge in [-0.25, -0.2) is 15.0 Å². The van der Waals surface area contributed by atoms with Gasteiger partial charge in [0.1, 0.15) is 0 Å². The highest BCUT2D eigenvalue weighted by atomic mass is 79.9. The monoisotopic (exact) mass is 540 g/mol. The Morgan fingerprint density at radius 2 is 1.12 bits per heavy atom. The fourth-order valence-electron chi connectivity index (χ4n) is 3.47. The van der Waals surface area contributed by atoms with Crippen molar-refractivity contribution in [3.8, 4) is 40.2 Å². The lowest BCUT2D eigenvalue weighted by atomic mass is 10.1. The van der Waals surface area contributed by atoms with Crippen molar-refractivity contribution in [2.45, 2.75) is 0 Å². The molecule has 0 spiro atoms. The molecule has 0 saturated carbocycles. The van der Waals surface area contributed by atoms with Gasteiger partial charge < -0.3 is 0 Å². The Labute approximate surface area is 201 Å². The molecule has 5 aromatic rings. The molecule has 0 aliphatic rings. The first kappa shape index (κ1) is 20.5. The van der Waals surface area contributed by atoms with Crippen molar-refractivity contribution >= 4 is 42.6 Å². The smallest absolute Gasteiger partial charge is 0.164 e. The van der Waals surface area contributed by atoms with Crippen LogP contribution in [0.5, 0.6) is 0 Å². The molecule has 32 heavy (non-hydrogen) atoms. The average molecular weight is 542 g/mol. The molecule has 0 atom stereocenters. The zero-order valence-corrected chi connectivity index (χ0v) is 19.8. The van der Waals surface area contributed by atoms with Gasteiger partial charge in [0.05, 0.1) is 11.6 Å². The predicted octanol–water partition coefficient (Wildman–Crippen LogP) is 7.42. The van der Waals surface area contributed by atoms with Crippen molar-refractivity contribution in [1.29, 1.82) is 5.26 Å². The van der Waals surface area contributed by atoms with Crippen LogP contribution >= 0.6 is 31.9 Å². The van der Waals surface area contributed by atoms with Gasteiger partial charge in [0.2, 0.25) is 0 Å². The molecule has 1 heterocycles. The minimum absolute atomic E-state index is 0.554. The van der Waals surface area contributed by atoms with Crippen molar-refractivity contribution in [1.82, 2.24) is 15.0 Å². The maximum absolute atomic E-state index is 9.12. The van der Waals surface area contributed by atoms with Crippen molar-refractivity contribution in [2.75, 3.05) is 0 Å². The number of hydrogen-bond acceptors (Lipinski definition) is 4. The largest absolute Gasteiger partial charge is 0.208 e. The number of rotatable bonds is 3. The maximum Gasteiger partial charge on any atom is 0.164 e. The van der Waals surface area contributed by atoms with Crippen LogP contribution < -0.4 is 0 Å². The van der Waals surface area contributed by atoms with Crippen LogP contribution in [0.15, 0.2) is 93.9 Å². The molecule has 0 fully saturated rings. The van der Waals surface area contributed by atoms with E-state index in [9.17, 15) is 0 Å². The maximum atomic E-state index is 9.12. The first-order valence-corrected chi connectivity index (χ1v) is 11.4. The van der Waals surface area contributed by atoms with E-state index in [4.69, 9.17) is 20.2 Å². The molecule has 152 valence electrons. The van der Waals surface area contributed by atoms with Crippen molar-refractivity contribution in [2.24, 2.45) is 0 Å². The van der Waals surface area contributed by atoms with Crippen molar-refractivity contribution in [3.63, 3.8) is 0 Å². The van der Waals surface area contributed by atoms with E-state index in [0.29, 0.717) is 23.0 Å². The molecule has 0 radical (unpaired) electrons. The Kier molecular flexibility index (Phi) is 5.52. The first-order chi connectivity index (χ1) is 15.6. The zero-order chi connectivity index (χ0) is 22.1. The van der Waals surface area contributed by atoms with Gasteiger partial charge in [-0.2, -0.15) is 5.26 Å². The molecule has 1 aromatic heterocycles. The van der Waals surface area contributed by atoms with E-state index in [1.165, 1.54) is 0 Å². The Hall–Kier alpha value is -3.40. The summed E-state index contributed by atoms with van der Waals surface area (Å²) >= 11 is 7.10. The summed E-state index contributed by atoms with van der Waals surface area (Å²) in [4.78, 5) is 14.3. The predicted molar refractivity (Wildman–Crippen MR) is 134 cm³/mol. The lowest BCUT2D eigenvalue weighted by molar-refractivity contribution is 1.07. The number of aromatic nitrogens is 3. The molecule has 0 saturated heterocycles. The quantitative estimate of drug-likeness (QED) is 0.238. The summed E-state index contributed by atoms with van der Waals surface area (Å²) in [6, 6.07) is 29.7. The van der Waals surface area contributed by atoms with Crippen LogP contribution in [0.2, 0.25) is 0 Å². The molecular formula is C26H14Br2N4. The standard InChI is InChI=1S/C26H14Br2N4/c27-22-12-21(13-23(28)14-22)26-31-24(18-7-5-16(15-29)6-8-18)30-25(32-26)20-10-9-17-3-1-2-4-19(17)11-20/h1-14H. The Morgan fingerprint density at radius 1 is 0.562 bits per heavy atom. The van der Waals surface area contributed by atoms with Crippen LogP contribution in [0, 0.1) is 11.3 Å². The number of benzene rings is 4. The van der Waals surface area contributed by atoms with E-state index in [1.54, 1.807) is 12.1 Å². The normalized spacial score (nSPS) is 10.8. The van der Waals surface area contributed by atoms with Crippen LogP contribution in [-0.4, -0.2) is 15.0 Å². The SMILES string of the molecule is N#Cc1ccc(-c2nc(-c3cc(Br)cc(Br)c3)nc(-c3ccc4ccccc4c3)n2)cc1. The van der Waals surface area contributed by atoms with E-state index in [1.807, 2.05) is 48.5 Å². The van der Waals surface area contributed by atoms with Crippen molar-refractivity contribution < 1.29 is 0 Å². The summed E-state index contributed by atoms with van der Waals surface area (Å²) in [7, 11) is 0. The lowest BCUT2D eigenvalue weighted by Crippen LogP contribution is -2.00. The summed E-state index contributed by atoms with van der Waals surface area (Å²) in [5, 5.41) is 11.4. The van der Waals surface area contributed by atoms with E-state index in [0.717, 1.165) is 36.4 Å². The molecule has 0 unspecified atom stereocenters. The summed E-state index contributed by atoms with van der Waals surface area (Å²) in [5.74, 6) is 1.72. The summed E-state index contributed by atoms with van der Waals surface area (Å²) in [6.07, 6.45) is 0. The number of nitrogens with zero attached hydrogens (tertiary/aromatic N) is 4. The molecule has 0 N–H and O–H groups in total. The van der Waals surface area contributed by atoms with E-state index in [-0.39, 0.29) is 0 Å². The van der Waals surface area contributed by atoms with Crippen LogP contribution in [-0.2, 0) is 0 Å². The van der Waals surface area contributed by atoms with Gasteiger partial charge in [-0.3, -0.25) is 0 Å². The Balaban J connectivity index is 1.72. The second-order valence-electron chi connectivity index (χ2n) is 7.22. The van der Waals surface area contributed by atoms with Gasteiger partial charge in [0.25, 0.3) is 0 Å². The molecule has 6 heteroatoms. The van der Waals surface area contributed by atoms with Gasteiger partial charge in [-0.1, -0.05) is 68.3 Å². The van der Waals surface area contributed by atoms with Crippen LogP contribution in [0.25, 0.3) is 44.9 Å². The number of hydrogen-bond donors (Lipinski definition) is 0. The first-order valence-electron chi connectivity index (χ1n) is 9.81.